The monoisotopic (exact) mass is 573 g/mol. The van der Waals surface area contributed by atoms with Crippen molar-refractivity contribution in [2.45, 2.75) is 96.6 Å². The van der Waals surface area contributed by atoms with E-state index < -0.39 is 17.8 Å². The highest BCUT2D eigenvalue weighted by atomic mass is 19.1. The molecule has 1 heterocycles. The first-order valence-electron chi connectivity index (χ1n) is 15.7. The van der Waals surface area contributed by atoms with Gasteiger partial charge in [-0.3, -0.25) is 9.59 Å². The fraction of sp³-hybridized carbons (Fsp3) is 0.719. The van der Waals surface area contributed by atoms with Gasteiger partial charge >= 0.3 is 5.97 Å². The van der Waals surface area contributed by atoms with Gasteiger partial charge in [0.05, 0.1) is 12.2 Å². The van der Waals surface area contributed by atoms with E-state index in [0.29, 0.717) is 38.0 Å². The lowest BCUT2D eigenvalue weighted by Crippen LogP contribution is -2.50. The SMILES string of the molecule is CCOCCCOC(=O)c1ccc(NC(=O)[C@@H]2[C@H](C3CCCCC3)CCN2C(=O)C2CCC(C(C)N)CC2)cc1F. The van der Waals surface area contributed by atoms with E-state index in [9.17, 15) is 18.8 Å². The van der Waals surface area contributed by atoms with Crippen molar-refractivity contribution in [3.63, 3.8) is 0 Å². The van der Waals surface area contributed by atoms with Crippen molar-refractivity contribution in [2.75, 3.05) is 31.7 Å². The van der Waals surface area contributed by atoms with Crippen LogP contribution in [0.5, 0.6) is 0 Å². The highest BCUT2D eigenvalue weighted by Crippen LogP contribution is 2.41. The predicted octanol–water partition coefficient (Wildman–Crippen LogP) is 5.30. The molecule has 3 N–H and O–H groups in total. The van der Waals surface area contributed by atoms with Gasteiger partial charge in [-0.1, -0.05) is 32.1 Å². The standard InChI is InChI=1S/C32H48FN3O5/c1-3-40-18-7-19-41-32(39)27-15-14-25(20-28(27)33)35-30(37)29-26(23-8-5-4-6-9-23)16-17-36(29)31(38)24-12-10-22(11-13-24)21(2)34/h14-15,20-24,26,29H,3-13,16-19,34H2,1-2H3,(H,35,37)/t21?,22?,24?,26-,29-/m0/s1. The van der Waals surface area contributed by atoms with Crippen molar-refractivity contribution in [3.8, 4) is 0 Å². The molecule has 3 atom stereocenters. The van der Waals surface area contributed by atoms with Crippen molar-refractivity contribution in [1.29, 1.82) is 0 Å². The predicted molar refractivity (Wildman–Crippen MR) is 156 cm³/mol. The summed E-state index contributed by atoms with van der Waals surface area (Å²) >= 11 is 0. The number of nitrogens with two attached hydrogens (primary N) is 1. The second-order valence-corrected chi connectivity index (χ2v) is 12.2. The Morgan fingerprint density at radius 2 is 1.78 bits per heavy atom. The van der Waals surface area contributed by atoms with E-state index in [1.807, 2.05) is 18.7 Å². The molecular weight excluding hydrogens is 525 g/mol. The second kappa shape index (κ2) is 15.1. The first kappa shape index (κ1) is 31.4. The van der Waals surface area contributed by atoms with Gasteiger partial charge in [-0.2, -0.15) is 0 Å². The summed E-state index contributed by atoms with van der Waals surface area (Å²) in [6.07, 6.45) is 10.5. The lowest BCUT2D eigenvalue weighted by molar-refractivity contribution is -0.142. The van der Waals surface area contributed by atoms with E-state index in [2.05, 4.69) is 5.32 Å². The molecule has 0 spiro atoms. The molecule has 2 amide bonds. The number of nitrogens with zero attached hydrogens (tertiary/aromatic N) is 1. The lowest BCUT2D eigenvalue weighted by Gasteiger charge is -2.36. The molecule has 228 valence electrons. The maximum Gasteiger partial charge on any atom is 0.341 e. The molecule has 1 unspecified atom stereocenters. The third-order valence-corrected chi connectivity index (χ3v) is 9.44. The normalized spacial score (nSPS) is 26.0. The number of amides is 2. The minimum atomic E-state index is -0.758. The summed E-state index contributed by atoms with van der Waals surface area (Å²) in [5.74, 6) is -0.856. The number of esters is 1. The van der Waals surface area contributed by atoms with Crippen LogP contribution >= 0.6 is 0 Å². The maximum absolute atomic E-state index is 14.9. The molecule has 1 aromatic rings. The summed E-state index contributed by atoms with van der Waals surface area (Å²) in [6, 6.07) is 3.56. The van der Waals surface area contributed by atoms with Crippen LogP contribution < -0.4 is 11.1 Å². The Morgan fingerprint density at radius 3 is 2.44 bits per heavy atom. The number of hydrogen-bond acceptors (Lipinski definition) is 6. The van der Waals surface area contributed by atoms with Crippen LogP contribution in [0.4, 0.5) is 10.1 Å². The van der Waals surface area contributed by atoms with Crippen molar-refractivity contribution in [3.05, 3.63) is 29.6 Å². The van der Waals surface area contributed by atoms with Gasteiger partial charge in [-0.25, -0.2) is 9.18 Å². The molecular formula is C32H48FN3O5. The Balaban J connectivity index is 1.44. The van der Waals surface area contributed by atoms with E-state index >= 15 is 0 Å². The molecule has 4 rings (SSSR count). The number of ether oxygens (including phenoxy) is 2. The van der Waals surface area contributed by atoms with Crippen LogP contribution in [0.1, 0.15) is 94.8 Å². The molecule has 0 radical (unpaired) electrons. The molecule has 3 fully saturated rings. The number of nitrogens with one attached hydrogen (secondary N) is 1. The van der Waals surface area contributed by atoms with E-state index in [4.69, 9.17) is 15.2 Å². The summed E-state index contributed by atoms with van der Waals surface area (Å²) < 4.78 is 25.3. The average Bonchev–Trinajstić information content (AvgIpc) is 3.42. The molecule has 0 aromatic heterocycles. The number of carbonyl (C=O) groups excluding carboxylic acids is 3. The van der Waals surface area contributed by atoms with Gasteiger partial charge in [0.15, 0.2) is 0 Å². The molecule has 1 saturated heterocycles. The van der Waals surface area contributed by atoms with Crippen molar-refractivity contribution >= 4 is 23.5 Å². The van der Waals surface area contributed by atoms with Crippen LogP contribution in [0.3, 0.4) is 0 Å². The Kier molecular flexibility index (Phi) is 11.6. The number of rotatable bonds is 11. The Hall–Kier alpha value is -2.52. The number of likely N-dealkylation sites (tertiary alicyclic amines) is 1. The van der Waals surface area contributed by atoms with Gasteiger partial charge in [-0.15, -0.1) is 0 Å². The number of halogens is 1. The summed E-state index contributed by atoms with van der Waals surface area (Å²) in [5.41, 5.74) is 6.20. The van der Waals surface area contributed by atoms with E-state index in [0.717, 1.165) is 63.9 Å². The molecule has 9 heteroatoms. The van der Waals surface area contributed by atoms with Crippen LogP contribution in [0, 0.1) is 29.5 Å². The van der Waals surface area contributed by atoms with Crippen LogP contribution in [0.25, 0.3) is 0 Å². The number of anilines is 1. The zero-order valence-corrected chi connectivity index (χ0v) is 24.7. The van der Waals surface area contributed by atoms with Crippen molar-refractivity contribution in [2.24, 2.45) is 29.4 Å². The molecule has 2 saturated carbocycles. The highest BCUT2D eigenvalue weighted by molar-refractivity contribution is 5.98. The first-order valence-corrected chi connectivity index (χ1v) is 15.7. The molecule has 41 heavy (non-hydrogen) atoms. The second-order valence-electron chi connectivity index (χ2n) is 12.2. The fourth-order valence-corrected chi connectivity index (χ4v) is 7.10. The van der Waals surface area contributed by atoms with Crippen molar-refractivity contribution in [1.82, 2.24) is 4.90 Å². The summed E-state index contributed by atoms with van der Waals surface area (Å²) in [6.45, 7) is 5.68. The minimum absolute atomic E-state index is 0.0696. The third kappa shape index (κ3) is 8.07. The molecule has 1 aliphatic heterocycles. The number of benzene rings is 1. The van der Waals surface area contributed by atoms with Gasteiger partial charge in [0.2, 0.25) is 11.8 Å². The first-order chi connectivity index (χ1) is 19.8. The van der Waals surface area contributed by atoms with E-state index in [1.165, 1.54) is 18.6 Å². The summed E-state index contributed by atoms with van der Waals surface area (Å²) in [4.78, 5) is 41.8. The lowest BCUT2D eigenvalue weighted by atomic mass is 9.76. The topological polar surface area (TPSA) is 111 Å². The Morgan fingerprint density at radius 1 is 1.05 bits per heavy atom. The molecule has 1 aromatic carbocycles. The zero-order valence-electron chi connectivity index (χ0n) is 24.7. The van der Waals surface area contributed by atoms with Crippen molar-refractivity contribution < 1.29 is 28.2 Å². The van der Waals surface area contributed by atoms with Crippen LogP contribution in [0.15, 0.2) is 18.2 Å². The van der Waals surface area contributed by atoms with Crippen LogP contribution in [0.2, 0.25) is 0 Å². The van der Waals surface area contributed by atoms with Gasteiger partial charge < -0.3 is 25.4 Å². The molecule has 8 nitrogen and oxygen atoms in total. The third-order valence-electron chi connectivity index (χ3n) is 9.44. The summed E-state index contributed by atoms with van der Waals surface area (Å²) in [5, 5.41) is 2.88. The zero-order chi connectivity index (χ0) is 29.4. The van der Waals surface area contributed by atoms with Crippen LogP contribution in [-0.2, 0) is 19.1 Å². The quantitative estimate of drug-likeness (QED) is 0.275. The maximum atomic E-state index is 14.9. The van der Waals surface area contributed by atoms with Gasteiger partial charge in [0, 0.05) is 43.8 Å². The number of carbonyl (C=O) groups is 3. The molecule has 2 aliphatic carbocycles. The smallest absolute Gasteiger partial charge is 0.341 e. The van der Waals surface area contributed by atoms with Gasteiger partial charge in [-0.05, 0) is 81.9 Å². The molecule has 3 aliphatic rings. The Bertz CT molecular complexity index is 1040. The van der Waals surface area contributed by atoms with E-state index in [1.54, 1.807) is 0 Å². The van der Waals surface area contributed by atoms with Gasteiger partial charge in [0.1, 0.15) is 11.9 Å². The highest BCUT2D eigenvalue weighted by Gasteiger charge is 2.46. The number of hydrogen-bond donors (Lipinski definition) is 2. The largest absolute Gasteiger partial charge is 0.462 e. The van der Waals surface area contributed by atoms with Gasteiger partial charge in [0.25, 0.3) is 0 Å². The average molecular weight is 574 g/mol. The van der Waals surface area contributed by atoms with Crippen LogP contribution in [-0.4, -0.2) is 61.1 Å². The molecule has 0 bridgehead atoms. The fourth-order valence-electron chi connectivity index (χ4n) is 7.10. The summed E-state index contributed by atoms with van der Waals surface area (Å²) in [7, 11) is 0. The minimum Gasteiger partial charge on any atom is -0.462 e. The Labute approximate surface area is 243 Å². The van der Waals surface area contributed by atoms with E-state index in [-0.39, 0.29) is 47.5 Å².